The summed E-state index contributed by atoms with van der Waals surface area (Å²) < 4.78 is 0. The number of hydrogen-bond acceptors (Lipinski definition) is 6. The molecule has 6 heteroatoms. The lowest BCUT2D eigenvalue weighted by atomic mass is 9.98. The van der Waals surface area contributed by atoms with Crippen molar-refractivity contribution in [1.29, 1.82) is 0 Å². The summed E-state index contributed by atoms with van der Waals surface area (Å²) in [5, 5.41) is 0. The molecule has 0 N–H and O–H groups in total. The van der Waals surface area contributed by atoms with E-state index < -0.39 is 0 Å². The van der Waals surface area contributed by atoms with E-state index in [0.29, 0.717) is 17.5 Å². The van der Waals surface area contributed by atoms with Crippen LogP contribution in [0.1, 0.15) is 12.5 Å². The van der Waals surface area contributed by atoms with Gasteiger partial charge in [-0.15, -0.1) is 0 Å². The first kappa shape index (κ1) is 38.3. The first-order valence-corrected chi connectivity index (χ1v) is 20.1. The minimum absolute atomic E-state index is 0.574. The van der Waals surface area contributed by atoms with Gasteiger partial charge in [-0.2, -0.15) is 0 Å². The zero-order valence-corrected chi connectivity index (χ0v) is 33.6. The summed E-state index contributed by atoms with van der Waals surface area (Å²) in [5.74, 6) is 1.73. The van der Waals surface area contributed by atoms with Crippen LogP contribution in [-0.4, -0.2) is 31.6 Å². The fourth-order valence-corrected chi connectivity index (χ4v) is 7.35. The van der Waals surface area contributed by atoms with E-state index in [2.05, 4.69) is 149 Å². The molecule has 0 radical (unpaired) electrons. The molecule has 0 saturated carbocycles. The number of nitrogens with zero attached hydrogens (tertiary/aromatic N) is 6. The van der Waals surface area contributed by atoms with Gasteiger partial charge in [0, 0.05) is 45.8 Å². The summed E-state index contributed by atoms with van der Waals surface area (Å²) in [6, 6.07) is 62.3. The molecule has 3 aromatic heterocycles. The molecule has 0 amide bonds. The van der Waals surface area contributed by atoms with Crippen LogP contribution in [0.5, 0.6) is 0 Å². The first-order chi connectivity index (χ1) is 30.1. The van der Waals surface area contributed by atoms with Crippen molar-refractivity contribution in [3.8, 4) is 90.1 Å². The Morgan fingerprint density at radius 1 is 0.410 bits per heavy atom. The minimum Gasteiger partial charge on any atom is -0.264 e. The Kier molecular flexibility index (Phi) is 11.1. The highest BCUT2D eigenvalue weighted by Gasteiger charge is 2.15. The third kappa shape index (κ3) is 8.65. The van der Waals surface area contributed by atoms with E-state index in [1.165, 1.54) is 0 Å². The molecule has 0 fully saturated rings. The maximum absolute atomic E-state index is 5.17. The van der Waals surface area contributed by atoms with Crippen molar-refractivity contribution < 1.29 is 0 Å². The fraction of sp³-hybridized carbons (Fsp3) is 0.0182. The highest BCUT2D eigenvalue weighted by Crippen LogP contribution is 2.34. The summed E-state index contributed by atoms with van der Waals surface area (Å²) in [6.07, 6.45) is 9.55. The van der Waals surface area contributed by atoms with Gasteiger partial charge in [-0.3, -0.25) is 15.0 Å². The first-order valence-electron chi connectivity index (χ1n) is 20.1. The van der Waals surface area contributed by atoms with E-state index in [0.717, 1.165) is 83.8 Å². The molecule has 0 atom stereocenters. The van der Waals surface area contributed by atoms with Crippen LogP contribution in [0.2, 0.25) is 0 Å². The van der Waals surface area contributed by atoms with Crippen LogP contribution in [0, 0.1) is 0 Å². The number of allylic oxidation sites excluding steroid dienone is 3. The quantitative estimate of drug-likeness (QED) is 0.0964. The molecular formula is C55H40N6. The molecular weight excluding hydrogens is 745 g/mol. The molecule has 9 rings (SSSR count). The third-order valence-electron chi connectivity index (χ3n) is 10.4. The van der Waals surface area contributed by atoms with E-state index in [1.54, 1.807) is 0 Å². The van der Waals surface area contributed by atoms with Gasteiger partial charge in [0.05, 0.1) is 17.1 Å². The van der Waals surface area contributed by atoms with Crippen molar-refractivity contribution in [3.05, 3.63) is 218 Å². The molecule has 9 aromatic rings. The van der Waals surface area contributed by atoms with Crippen LogP contribution >= 0.6 is 0 Å². The maximum atomic E-state index is 5.17. The number of pyridine rings is 2. The Morgan fingerprint density at radius 2 is 0.770 bits per heavy atom. The van der Waals surface area contributed by atoms with E-state index in [-0.39, 0.29) is 0 Å². The Labute approximate surface area is 356 Å². The predicted octanol–water partition coefficient (Wildman–Crippen LogP) is 13.6. The maximum Gasteiger partial charge on any atom is 0.164 e. The van der Waals surface area contributed by atoms with Crippen molar-refractivity contribution in [1.82, 2.24) is 24.9 Å². The van der Waals surface area contributed by atoms with Crippen molar-refractivity contribution in [2.45, 2.75) is 6.92 Å². The Hall–Kier alpha value is -8.22. The molecule has 6 nitrogen and oxygen atoms in total. The number of hydrogen-bond donors (Lipinski definition) is 0. The molecule has 0 aliphatic rings. The lowest BCUT2D eigenvalue weighted by molar-refractivity contribution is 1.07. The third-order valence-corrected chi connectivity index (χ3v) is 10.4. The van der Waals surface area contributed by atoms with E-state index in [4.69, 9.17) is 15.0 Å². The Balaban J connectivity index is 1.15. The van der Waals surface area contributed by atoms with Gasteiger partial charge < -0.3 is 0 Å². The van der Waals surface area contributed by atoms with E-state index >= 15 is 0 Å². The fourth-order valence-electron chi connectivity index (χ4n) is 7.35. The summed E-state index contributed by atoms with van der Waals surface area (Å²) >= 11 is 0. The van der Waals surface area contributed by atoms with E-state index in [1.807, 2.05) is 92.1 Å². The van der Waals surface area contributed by atoms with Crippen molar-refractivity contribution >= 4 is 12.4 Å². The number of benzene rings is 6. The largest absolute Gasteiger partial charge is 0.264 e. The normalized spacial score (nSPS) is 11.5. The molecule has 0 aliphatic carbocycles. The SMILES string of the molecule is C=N/C(=C\C=C/C)c1cccc(-c2cccc(-c3nc(-c4cccc(-c5cccc(-c6ccccn6)c5)c4)nc(-c4cccc(-c5cccc(-c6ccccn6)c5)c4)n3)c2)c1. The highest BCUT2D eigenvalue weighted by atomic mass is 15.0. The lowest BCUT2D eigenvalue weighted by Gasteiger charge is -2.12. The zero-order chi connectivity index (χ0) is 41.4. The van der Waals surface area contributed by atoms with Crippen LogP contribution in [0.15, 0.2) is 218 Å². The van der Waals surface area contributed by atoms with E-state index in [9.17, 15) is 0 Å². The standard InChI is InChI=1S/C55H40N6/c1-3-4-27-50(56-2)44-21-9-15-38(32-44)41-18-12-24-47(35-41)53-59-54(48-25-13-19-42(36-48)39-16-10-22-45(33-39)51-28-5-7-30-57-51)61-55(60-53)49-26-14-20-43(37-49)40-17-11-23-46(34-40)52-29-6-8-31-58-52/h3-37H,2H2,1H3/b4-3-,50-27-. The van der Waals surface area contributed by atoms with Crippen LogP contribution in [0.4, 0.5) is 0 Å². The van der Waals surface area contributed by atoms with Crippen molar-refractivity contribution in [3.63, 3.8) is 0 Å². The molecule has 0 bridgehead atoms. The van der Waals surface area contributed by atoms with Gasteiger partial charge in [-0.05, 0) is 114 Å². The van der Waals surface area contributed by atoms with Crippen LogP contribution < -0.4 is 0 Å². The van der Waals surface area contributed by atoms with Gasteiger partial charge in [0.25, 0.3) is 0 Å². The van der Waals surface area contributed by atoms with Crippen LogP contribution in [0.25, 0.3) is 95.8 Å². The predicted molar refractivity (Wildman–Crippen MR) is 251 cm³/mol. The van der Waals surface area contributed by atoms with Gasteiger partial charge in [-0.25, -0.2) is 15.0 Å². The summed E-state index contributed by atoms with van der Waals surface area (Å²) in [6.45, 7) is 5.79. The summed E-state index contributed by atoms with van der Waals surface area (Å²) in [4.78, 5) is 29.0. The average molecular weight is 785 g/mol. The number of aromatic nitrogens is 5. The van der Waals surface area contributed by atoms with Crippen molar-refractivity contribution in [2.24, 2.45) is 4.99 Å². The lowest BCUT2D eigenvalue weighted by Crippen LogP contribution is -2.00. The molecule has 61 heavy (non-hydrogen) atoms. The molecule has 290 valence electrons. The highest BCUT2D eigenvalue weighted by molar-refractivity contribution is 5.80. The second-order valence-corrected chi connectivity index (χ2v) is 14.5. The molecule has 6 aromatic carbocycles. The molecule has 0 spiro atoms. The molecule has 0 saturated heterocycles. The minimum atomic E-state index is 0.574. The smallest absolute Gasteiger partial charge is 0.164 e. The molecule has 0 unspecified atom stereocenters. The van der Waals surface area contributed by atoms with Crippen molar-refractivity contribution in [2.75, 3.05) is 0 Å². The Bertz CT molecular complexity index is 2920. The number of aliphatic imine (C=N–C) groups is 1. The van der Waals surface area contributed by atoms with Gasteiger partial charge in [0.15, 0.2) is 17.5 Å². The number of rotatable bonds is 11. The van der Waals surface area contributed by atoms with Gasteiger partial charge in [-0.1, -0.05) is 133 Å². The second kappa shape index (κ2) is 17.7. The van der Waals surface area contributed by atoms with Gasteiger partial charge in [0.1, 0.15) is 0 Å². The topological polar surface area (TPSA) is 76.8 Å². The monoisotopic (exact) mass is 784 g/mol. The summed E-state index contributed by atoms with van der Waals surface area (Å²) in [7, 11) is 0. The van der Waals surface area contributed by atoms with Crippen LogP contribution in [-0.2, 0) is 0 Å². The average Bonchev–Trinajstić information content (AvgIpc) is 3.35. The molecule has 3 heterocycles. The van der Waals surface area contributed by atoms with Gasteiger partial charge >= 0.3 is 0 Å². The second-order valence-electron chi connectivity index (χ2n) is 14.5. The molecule has 0 aliphatic heterocycles. The Morgan fingerprint density at radius 3 is 1.15 bits per heavy atom. The van der Waals surface area contributed by atoms with Crippen LogP contribution in [0.3, 0.4) is 0 Å². The van der Waals surface area contributed by atoms with Gasteiger partial charge in [0.2, 0.25) is 0 Å². The zero-order valence-electron chi connectivity index (χ0n) is 33.6. The summed E-state index contributed by atoms with van der Waals surface area (Å²) in [5.41, 5.74) is 14.7.